The van der Waals surface area contributed by atoms with Crippen LogP contribution in [-0.2, 0) is 6.54 Å². The molecule has 1 amide bonds. The second-order valence-corrected chi connectivity index (χ2v) is 6.30. The minimum Gasteiger partial charge on any atom is -0.397 e. The predicted octanol–water partition coefficient (Wildman–Crippen LogP) is 3.18. The summed E-state index contributed by atoms with van der Waals surface area (Å²) in [7, 11) is 1.63. The number of carbonyl (C=O) groups excluding carboxylic acids is 1. The van der Waals surface area contributed by atoms with Crippen molar-refractivity contribution < 1.29 is 4.79 Å². The first-order valence-electron chi connectivity index (χ1n) is 7.12. The fraction of sp³-hybridized carbons (Fsp3) is 0.312. The van der Waals surface area contributed by atoms with E-state index >= 15 is 0 Å². The van der Waals surface area contributed by atoms with Crippen molar-refractivity contribution >= 4 is 27.9 Å². The third kappa shape index (κ3) is 2.88. The average Bonchev–Trinajstić information content (AvgIpc) is 3.29. The van der Waals surface area contributed by atoms with Crippen LogP contribution in [0.5, 0.6) is 0 Å². The molecule has 5 heteroatoms. The van der Waals surface area contributed by atoms with Gasteiger partial charge in [-0.25, -0.2) is 0 Å². The van der Waals surface area contributed by atoms with E-state index in [0.717, 1.165) is 30.0 Å². The SMILES string of the molecule is CNC(=O)c1sc(NCc2ccccc2)c(C2CC2)c1N. The maximum Gasteiger partial charge on any atom is 0.263 e. The predicted molar refractivity (Wildman–Crippen MR) is 87.9 cm³/mol. The van der Waals surface area contributed by atoms with Crippen LogP contribution in [-0.4, -0.2) is 13.0 Å². The highest BCUT2D eigenvalue weighted by atomic mass is 32.1. The van der Waals surface area contributed by atoms with Crippen molar-refractivity contribution in [1.29, 1.82) is 0 Å². The summed E-state index contributed by atoms with van der Waals surface area (Å²) in [6.45, 7) is 0.744. The maximum atomic E-state index is 11.9. The molecule has 1 heterocycles. The minimum atomic E-state index is -0.104. The summed E-state index contributed by atoms with van der Waals surface area (Å²) in [6, 6.07) is 10.2. The molecule has 0 spiro atoms. The summed E-state index contributed by atoms with van der Waals surface area (Å²) in [6.07, 6.45) is 2.32. The first-order valence-corrected chi connectivity index (χ1v) is 7.94. The van der Waals surface area contributed by atoms with Crippen LogP contribution in [0, 0.1) is 0 Å². The molecular formula is C16H19N3OS. The van der Waals surface area contributed by atoms with Crippen molar-refractivity contribution in [3.63, 3.8) is 0 Å². The van der Waals surface area contributed by atoms with Crippen molar-refractivity contribution in [2.75, 3.05) is 18.1 Å². The lowest BCUT2D eigenvalue weighted by Crippen LogP contribution is -2.17. The number of benzene rings is 1. The largest absolute Gasteiger partial charge is 0.397 e. The van der Waals surface area contributed by atoms with Gasteiger partial charge in [-0.05, 0) is 24.3 Å². The maximum absolute atomic E-state index is 11.9. The molecule has 4 nitrogen and oxygen atoms in total. The Morgan fingerprint density at radius 3 is 2.67 bits per heavy atom. The van der Waals surface area contributed by atoms with E-state index in [-0.39, 0.29) is 5.91 Å². The van der Waals surface area contributed by atoms with Gasteiger partial charge in [0.1, 0.15) is 4.88 Å². The van der Waals surface area contributed by atoms with Gasteiger partial charge in [0, 0.05) is 19.2 Å². The third-order valence-corrected chi connectivity index (χ3v) is 4.88. The van der Waals surface area contributed by atoms with E-state index in [2.05, 4.69) is 22.8 Å². The first-order chi connectivity index (χ1) is 10.2. The fourth-order valence-corrected chi connectivity index (χ4v) is 3.58. The van der Waals surface area contributed by atoms with Crippen LogP contribution in [0.3, 0.4) is 0 Å². The van der Waals surface area contributed by atoms with Crippen LogP contribution < -0.4 is 16.4 Å². The number of amides is 1. The molecule has 2 aromatic rings. The number of nitrogens with one attached hydrogen (secondary N) is 2. The van der Waals surface area contributed by atoms with Gasteiger partial charge in [0.25, 0.3) is 5.91 Å². The van der Waals surface area contributed by atoms with Crippen LogP contribution in [0.15, 0.2) is 30.3 Å². The van der Waals surface area contributed by atoms with Gasteiger partial charge < -0.3 is 16.4 Å². The van der Waals surface area contributed by atoms with Crippen LogP contribution in [0.4, 0.5) is 10.7 Å². The first kappa shape index (κ1) is 13.9. The standard InChI is InChI=1S/C16H19N3OS/c1-18-15(20)14-13(17)12(11-7-8-11)16(21-14)19-9-10-5-3-2-4-6-10/h2-6,11,19H,7-9,17H2,1H3,(H,18,20). The zero-order chi connectivity index (χ0) is 14.8. The minimum absolute atomic E-state index is 0.104. The molecule has 1 aromatic heterocycles. The Kier molecular flexibility index (Phi) is 3.84. The van der Waals surface area contributed by atoms with Gasteiger partial charge in [-0.15, -0.1) is 11.3 Å². The van der Waals surface area contributed by atoms with Crippen LogP contribution >= 0.6 is 11.3 Å². The van der Waals surface area contributed by atoms with Crippen molar-refractivity contribution in [3.8, 4) is 0 Å². The smallest absolute Gasteiger partial charge is 0.263 e. The summed E-state index contributed by atoms with van der Waals surface area (Å²) >= 11 is 1.46. The lowest BCUT2D eigenvalue weighted by molar-refractivity contribution is 0.0968. The molecular weight excluding hydrogens is 282 g/mol. The number of hydrogen-bond acceptors (Lipinski definition) is 4. The summed E-state index contributed by atoms with van der Waals surface area (Å²) in [4.78, 5) is 12.5. The summed E-state index contributed by atoms with van der Waals surface area (Å²) in [5.74, 6) is 0.407. The summed E-state index contributed by atoms with van der Waals surface area (Å²) in [5, 5.41) is 7.15. The second kappa shape index (κ2) is 5.77. The van der Waals surface area contributed by atoms with E-state index in [0.29, 0.717) is 16.5 Å². The lowest BCUT2D eigenvalue weighted by atomic mass is 10.1. The molecule has 0 atom stereocenters. The van der Waals surface area contributed by atoms with Gasteiger partial charge in [0.05, 0.1) is 10.7 Å². The van der Waals surface area contributed by atoms with Gasteiger partial charge in [-0.1, -0.05) is 30.3 Å². The van der Waals surface area contributed by atoms with Gasteiger partial charge in [0.2, 0.25) is 0 Å². The van der Waals surface area contributed by atoms with Gasteiger partial charge >= 0.3 is 0 Å². The molecule has 1 aromatic carbocycles. The van der Waals surface area contributed by atoms with Crippen molar-refractivity contribution in [1.82, 2.24) is 5.32 Å². The molecule has 110 valence electrons. The number of rotatable bonds is 5. The van der Waals surface area contributed by atoms with Gasteiger partial charge in [-0.3, -0.25) is 4.79 Å². The quantitative estimate of drug-likeness (QED) is 0.794. The van der Waals surface area contributed by atoms with Gasteiger partial charge in [-0.2, -0.15) is 0 Å². The molecule has 21 heavy (non-hydrogen) atoms. The highest BCUT2D eigenvalue weighted by molar-refractivity contribution is 7.18. The summed E-state index contributed by atoms with van der Waals surface area (Å²) < 4.78 is 0. The Morgan fingerprint density at radius 2 is 2.05 bits per heavy atom. The molecule has 1 fully saturated rings. The molecule has 1 aliphatic rings. The molecule has 1 saturated carbocycles. The fourth-order valence-electron chi connectivity index (χ4n) is 2.43. The van der Waals surface area contributed by atoms with E-state index < -0.39 is 0 Å². The highest BCUT2D eigenvalue weighted by Crippen LogP contribution is 2.50. The number of thiophene rings is 1. The zero-order valence-corrected chi connectivity index (χ0v) is 12.8. The average molecular weight is 301 g/mol. The summed E-state index contributed by atoms with van der Waals surface area (Å²) in [5.41, 5.74) is 9.20. The third-order valence-electron chi connectivity index (χ3n) is 3.70. The molecule has 0 aliphatic heterocycles. The number of nitrogen functional groups attached to an aromatic ring is 1. The van der Waals surface area contributed by atoms with Crippen molar-refractivity contribution in [3.05, 3.63) is 46.3 Å². The van der Waals surface area contributed by atoms with E-state index in [1.807, 2.05) is 18.2 Å². The monoisotopic (exact) mass is 301 g/mol. The number of anilines is 2. The Labute approximate surface area is 128 Å². The topological polar surface area (TPSA) is 67.2 Å². The Morgan fingerprint density at radius 1 is 1.33 bits per heavy atom. The van der Waals surface area contributed by atoms with Crippen LogP contribution in [0.1, 0.15) is 39.6 Å². The molecule has 0 unspecified atom stereocenters. The Balaban J connectivity index is 1.85. The van der Waals surface area contributed by atoms with Crippen LogP contribution in [0.2, 0.25) is 0 Å². The Hall–Kier alpha value is -2.01. The van der Waals surface area contributed by atoms with E-state index in [4.69, 9.17) is 5.73 Å². The molecule has 0 bridgehead atoms. The van der Waals surface area contributed by atoms with E-state index in [1.54, 1.807) is 7.05 Å². The second-order valence-electron chi connectivity index (χ2n) is 5.28. The highest BCUT2D eigenvalue weighted by Gasteiger charge is 2.32. The lowest BCUT2D eigenvalue weighted by Gasteiger charge is -2.07. The number of carbonyl (C=O) groups is 1. The molecule has 1 aliphatic carbocycles. The zero-order valence-electron chi connectivity index (χ0n) is 12.0. The molecule has 3 rings (SSSR count). The van der Waals surface area contributed by atoms with E-state index in [1.165, 1.54) is 16.9 Å². The molecule has 0 radical (unpaired) electrons. The normalized spacial score (nSPS) is 14.0. The van der Waals surface area contributed by atoms with E-state index in [9.17, 15) is 4.79 Å². The van der Waals surface area contributed by atoms with Crippen molar-refractivity contribution in [2.24, 2.45) is 0 Å². The Bertz CT molecular complexity index is 647. The van der Waals surface area contributed by atoms with Crippen molar-refractivity contribution in [2.45, 2.75) is 25.3 Å². The number of hydrogen-bond donors (Lipinski definition) is 3. The van der Waals surface area contributed by atoms with Gasteiger partial charge in [0.15, 0.2) is 0 Å². The molecule has 4 N–H and O–H groups in total. The van der Waals surface area contributed by atoms with Crippen LogP contribution in [0.25, 0.3) is 0 Å². The number of nitrogens with two attached hydrogens (primary N) is 1. The molecule has 0 saturated heterocycles.